The number of nitrogens with zero attached hydrogens (tertiary/aromatic N) is 3. The molecule has 0 aliphatic heterocycles. The van der Waals surface area contributed by atoms with E-state index in [2.05, 4.69) is 5.10 Å². The van der Waals surface area contributed by atoms with Crippen LogP contribution in [0.25, 0.3) is 0 Å². The van der Waals surface area contributed by atoms with Gasteiger partial charge in [0.05, 0.1) is 24.4 Å². The number of halogens is 1. The highest BCUT2D eigenvalue weighted by Crippen LogP contribution is 2.11. The summed E-state index contributed by atoms with van der Waals surface area (Å²) in [5, 5.41) is 12.9. The van der Waals surface area contributed by atoms with Gasteiger partial charge in [-0.25, -0.2) is 9.07 Å². The van der Waals surface area contributed by atoms with Crippen LogP contribution in [0.3, 0.4) is 0 Å². The minimum atomic E-state index is -0.472. The molecule has 6 nitrogen and oxygen atoms in total. The van der Waals surface area contributed by atoms with Gasteiger partial charge in [-0.2, -0.15) is 10.4 Å². The van der Waals surface area contributed by atoms with E-state index in [1.165, 1.54) is 30.5 Å². The summed E-state index contributed by atoms with van der Waals surface area (Å²) < 4.78 is 19.6. The number of aromatic nitrogens is 2. The Morgan fingerprint density at radius 3 is 2.90 bits per heavy atom. The van der Waals surface area contributed by atoms with Crippen molar-refractivity contribution in [1.29, 1.82) is 5.26 Å². The van der Waals surface area contributed by atoms with Gasteiger partial charge in [-0.15, -0.1) is 0 Å². The van der Waals surface area contributed by atoms with Crippen LogP contribution in [-0.2, 0) is 6.54 Å². The van der Waals surface area contributed by atoms with Crippen molar-refractivity contribution in [3.8, 4) is 11.8 Å². The van der Waals surface area contributed by atoms with Crippen LogP contribution < -0.4 is 16.0 Å². The van der Waals surface area contributed by atoms with E-state index in [0.717, 1.165) is 4.68 Å². The molecule has 0 aliphatic rings. The summed E-state index contributed by atoms with van der Waals surface area (Å²) in [6.07, 6.45) is 1.38. The first-order valence-electron chi connectivity index (χ1n) is 6.22. The van der Waals surface area contributed by atoms with Crippen LogP contribution in [0, 0.1) is 17.1 Å². The quantitative estimate of drug-likeness (QED) is 0.871. The lowest BCUT2D eigenvalue weighted by Gasteiger charge is -2.08. The Labute approximate surface area is 120 Å². The number of nitriles is 1. The van der Waals surface area contributed by atoms with Gasteiger partial charge in [0.2, 0.25) is 0 Å². The molecule has 0 fully saturated rings. The Morgan fingerprint density at radius 1 is 1.43 bits per heavy atom. The Hall–Kier alpha value is -2.72. The third kappa shape index (κ3) is 3.64. The number of nitrogens with two attached hydrogens (primary N) is 1. The van der Waals surface area contributed by atoms with Crippen molar-refractivity contribution in [3.05, 3.63) is 57.8 Å². The second-order valence-electron chi connectivity index (χ2n) is 4.24. The fourth-order valence-electron chi connectivity index (χ4n) is 1.75. The van der Waals surface area contributed by atoms with Gasteiger partial charge in [0.1, 0.15) is 18.2 Å². The van der Waals surface area contributed by atoms with Gasteiger partial charge in [0.25, 0.3) is 5.56 Å². The summed E-state index contributed by atoms with van der Waals surface area (Å²) in [5.41, 5.74) is 5.58. The van der Waals surface area contributed by atoms with Crippen molar-refractivity contribution >= 4 is 0 Å². The number of ether oxygens (including phenoxy) is 1. The molecule has 0 bridgehead atoms. The summed E-state index contributed by atoms with van der Waals surface area (Å²) >= 11 is 0. The molecule has 1 aromatic heterocycles. The highest BCUT2D eigenvalue weighted by atomic mass is 19.1. The largest absolute Gasteiger partial charge is 0.490 e. The first-order chi connectivity index (χ1) is 10.1. The van der Waals surface area contributed by atoms with E-state index in [4.69, 9.17) is 15.7 Å². The molecule has 0 radical (unpaired) electrons. The fraction of sp³-hybridized carbons (Fsp3) is 0.214. The maximum absolute atomic E-state index is 13.2. The summed E-state index contributed by atoms with van der Waals surface area (Å²) in [4.78, 5) is 11.9. The van der Waals surface area contributed by atoms with Crippen LogP contribution in [-0.4, -0.2) is 22.9 Å². The van der Waals surface area contributed by atoms with E-state index in [1.54, 1.807) is 0 Å². The summed E-state index contributed by atoms with van der Waals surface area (Å²) in [6, 6.07) is 7.00. The van der Waals surface area contributed by atoms with Crippen LogP contribution in [0.2, 0.25) is 0 Å². The van der Waals surface area contributed by atoms with Crippen LogP contribution in [0.15, 0.2) is 35.3 Å². The molecule has 1 aromatic carbocycles. The molecule has 0 atom stereocenters. The monoisotopic (exact) mass is 288 g/mol. The number of benzene rings is 1. The Kier molecular flexibility index (Phi) is 4.64. The van der Waals surface area contributed by atoms with Gasteiger partial charge in [-0.05, 0) is 23.8 Å². The molecule has 0 aliphatic carbocycles. The molecule has 108 valence electrons. The predicted molar refractivity (Wildman–Crippen MR) is 73.3 cm³/mol. The van der Waals surface area contributed by atoms with Gasteiger partial charge in [-0.1, -0.05) is 0 Å². The molecule has 1 heterocycles. The van der Waals surface area contributed by atoms with Crippen LogP contribution in [0.5, 0.6) is 5.75 Å². The van der Waals surface area contributed by atoms with Crippen molar-refractivity contribution in [3.63, 3.8) is 0 Å². The zero-order chi connectivity index (χ0) is 15.2. The van der Waals surface area contributed by atoms with Crippen molar-refractivity contribution in [1.82, 2.24) is 9.78 Å². The van der Waals surface area contributed by atoms with Crippen molar-refractivity contribution < 1.29 is 9.13 Å². The maximum Gasteiger partial charge on any atom is 0.270 e. The van der Waals surface area contributed by atoms with Crippen LogP contribution >= 0.6 is 0 Å². The smallest absolute Gasteiger partial charge is 0.270 e. The minimum absolute atomic E-state index is 0.0106. The van der Waals surface area contributed by atoms with Crippen molar-refractivity contribution in [2.75, 3.05) is 13.2 Å². The molecule has 7 heteroatoms. The average Bonchev–Trinajstić information content (AvgIpc) is 2.48. The normalized spacial score (nSPS) is 10.1. The lowest BCUT2D eigenvalue weighted by molar-refractivity contribution is 0.324. The van der Waals surface area contributed by atoms with Gasteiger partial charge < -0.3 is 10.5 Å². The van der Waals surface area contributed by atoms with Gasteiger partial charge in [-0.3, -0.25) is 4.79 Å². The zero-order valence-corrected chi connectivity index (χ0v) is 11.1. The van der Waals surface area contributed by atoms with E-state index in [9.17, 15) is 9.18 Å². The predicted octanol–water partition coefficient (Wildman–Crippen LogP) is 0.640. The fourth-order valence-corrected chi connectivity index (χ4v) is 1.75. The number of hydrogen-bond acceptors (Lipinski definition) is 5. The molecule has 0 saturated heterocycles. The van der Waals surface area contributed by atoms with Gasteiger partial charge in [0, 0.05) is 12.6 Å². The second kappa shape index (κ2) is 6.63. The lowest BCUT2D eigenvalue weighted by Crippen LogP contribution is -2.23. The molecule has 2 aromatic rings. The zero-order valence-electron chi connectivity index (χ0n) is 11.1. The molecule has 0 amide bonds. The highest BCUT2D eigenvalue weighted by molar-refractivity contribution is 5.37. The van der Waals surface area contributed by atoms with E-state index in [1.807, 2.05) is 6.07 Å². The molecule has 0 spiro atoms. The second-order valence-corrected chi connectivity index (χ2v) is 4.24. The molecule has 2 N–H and O–H groups in total. The van der Waals surface area contributed by atoms with E-state index in [-0.39, 0.29) is 13.2 Å². The SMILES string of the molecule is N#Cc1ccc(F)cc1Cn1ncc(OCCN)cc1=O. The first-order valence-corrected chi connectivity index (χ1v) is 6.22. The number of hydrogen-bond donors (Lipinski definition) is 1. The maximum atomic E-state index is 13.2. The van der Waals surface area contributed by atoms with E-state index < -0.39 is 11.4 Å². The number of rotatable bonds is 5. The van der Waals surface area contributed by atoms with E-state index in [0.29, 0.717) is 23.4 Å². The lowest BCUT2D eigenvalue weighted by atomic mass is 10.1. The average molecular weight is 288 g/mol. The molecule has 0 saturated carbocycles. The third-order valence-corrected chi connectivity index (χ3v) is 2.74. The van der Waals surface area contributed by atoms with Crippen molar-refractivity contribution in [2.24, 2.45) is 5.73 Å². The van der Waals surface area contributed by atoms with Gasteiger partial charge in [0.15, 0.2) is 0 Å². The standard InChI is InChI=1S/C14H13FN4O2/c15-12-2-1-10(7-17)11(5-12)9-19-14(20)6-13(8-18-19)21-4-3-16/h1-2,5-6,8H,3-4,9,16H2. The van der Waals surface area contributed by atoms with Gasteiger partial charge >= 0.3 is 0 Å². The Morgan fingerprint density at radius 2 is 2.24 bits per heavy atom. The summed E-state index contributed by atoms with van der Waals surface area (Å²) in [7, 11) is 0. The van der Waals surface area contributed by atoms with Crippen LogP contribution in [0.4, 0.5) is 4.39 Å². The molecule has 2 rings (SSSR count). The Bertz CT molecular complexity index is 736. The Balaban J connectivity index is 2.26. The summed E-state index contributed by atoms with van der Waals surface area (Å²) in [5.74, 6) is -0.151. The molecular formula is C14H13FN4O2. The first kappa shape index (κ1) is 14.7. The van der Waals surface area contributed by atoms with E-state index >= 15 is 0 Å². The highest BCUT2D eigenvalue weighted by Gasteiger charge is 2.07. The van der Waals surface area contributed by atoms with Crippen LogP contribution in [0.1, 0.15) is 11.1 Å². The molecular weight excluding hydrogens is 275 g/mol. The summed E-state index contributed by atoms with van der Waals surface area (Å²) in [6.45, 7) is 0.627. The topological polar surface area (TPSA) is 93.9 Å². The third-order valence-electron chi connectivity index (χ3n) is 2.74. The molecule has 21 heavy (non-hydrogen) atoms. The molecule has 0 unspecified atom stereocenters. The minimum Gasteiger partial charge on any atom is -0.490 e. The van der Waals surface area contributed by atoms with Crippen molar-refractivity contribution in [2.45, 2.75) is 6.54 Å².